The van der Waals surface area contributed by atoms with Crippen molar-refractivity contribution < 1.29 is 4.79 Å². The Morgan fingerprint density at radius 1 is 1.59 bits per heavy atom. The van der Waals surface area contributed by atoms with Crippen LogP contribution in [0.3, 0.4) is 0 Å². The molecule has 4 nitrogen and oxygen atoms in total. The Labute approximate surface area is 105 Å². The lowest BCUT2D eigenvalue weighted by atomic mass is 9.98. The minimum absolute atomic E-state index is 0.331. The van der Waals surface area contributed by atoms with Crippen LogP contribution in [0.4, 0.5) is 0 Å². The summed E-state index contributed by atoms with van der Waals surface area (Å²) in [7, 11) is 2.13. The molecule has 0 aromatic carbocycles. The van der Waals surface area contributed by atoms with Crippen LogP contribution in [-0.4, -0.2) is 35.9 Å². The molecule has 2 N–H and O–H groups in total. The molecule has 1 aliphatic heterocycles. The van der Waals surface area contributed by atoms with Crippen molar-refractivity contribution in [3.63, 3.8) is 0 Å². The molecule has 17 heavy (non-hydrogen) atoms. The van der Waals surface area contributed by atoms with E-state index in [4.69, 9.17) is 5.73 Å². The number of carbonyl (C=O) groups excluding carboxylic acids is 1. The van der Waals surface area contributed by atoms with Crippen LogP contribution in [0.2, 0.25) is 0 Å². The molecular weight excluding hydrogens is 234 g/mol. The molecule has 1 amide bonds. The van der Waals surface area contributed by atoms with E-state index in [1.807, 2.05) is 0 Å². The first-order valence-electron chi connectivity index (χ1n) is 5.60. The van der Waals surface area contributed by atoms with E-state index < -0.39 is 5.91 Å². The molecule has 0 radical (unpaired) electrons. The van der Waals surface area contributed by atoms with Crippen LogP contribution in [0.1, 0.15) is 28.3 Å². The van der Waals surface area contributed by atoms with Gasteiger partial charge in [0.15, 0.2) is 5.01 Å². The van der Waals surface area contributed by atoms with Gasteiger partial charge in [0.25, 0.3) is 5.91 Å². The van der Waals surface area contributed by atoms with Crippen LogP contribution < -0.4 is 5.73 Å². The smallest absolute Gasteiger partial charge is 0.277 e. The zero-order valence-electron chi connectivity index (χ0n) is 9.77. The maximum Gasteiger partial charge on any atom is 0.277 e. The summed E-state index contributed by atoms with van der Waals surface area (Å²) in [6.07, 6.45) is 2.21. The number of nitrogens with zero attached hydrogens (tertiary/aromatic N) is 2. The molecular formula is C12H15N3OS. The zero-order valence-corrected chi connectivity index (χ0v) is 10.6. The Morgan fingerprint density at radius 2 is 2.29 bits per heavy atom. The Bertz CT molecular complexity index is 464. The molecule has 0 bridgehead atoms. The molecule has 2 heterocycles. The minimum atomic E-state index is -0.484. The second-order valence-corrected chi connectivity index (χ2v) is 5.11. The molecule has 0 unspecified atom stereocenters. The highest BCUT2D eigenvalue weighted by Crippen LogP contribution is 2.15. The number of piperidine rings is 1. The summed E-state index contributed by atoms with van der Waals surface area (Å²) in [5.41, 5.74) is 5.79. The van der Waals surface area contributed by atoms with Gasteiger partial charge in [0, 0.05) is 11.3 Å². The molecule has 1 fully saturated rings. The third-order valence-electron chi connectivity index (χ3n) is 2.84. The van der Waals surface area contributed by atoms with Crippen LogP contribution in [0.5, 0.6) is 0 Å². The molecule has 5 heteroatoms. The fourth-order valence-electron chi connectivity index (χ4n) is 1.77. The average Bonchev–Trinajstić information content (AvgIpc) is 2.77. The molecule has 0 aliphatic carbocycles. The van der Waals surface area contributed by atoms with Gasteiger partial charge in [0.2, 0.25) is 0 Å². The third kappa shape index (κ3) is 3.29. The largest absolute Gasteiger partial charge is 0.364 e. The fraction of sp³-hybridized carbons (Fsp3) is 0.500. The number of amides is 1. The number of aromatic nitrogens is 1. The Morgan fingerprint density at radius 3 is 2.88 bits per heavy atom. The second-order valence-electron chi connectivity index (χ2n) is 4.25. The highest BCUT2D eigenvalue weighted by atomic mass is 32.1. The van der Waals surface area contributed by atoms with Crippen molar-refractivity contribution in [2.24, 2.45) is 11.7 Å². The van der Waals surface area contributed by atoms with Crippen LogP contribution in [-0.2, 0) is 0 Å². The summed E-state index contributed by atoms with van der Waals surface area (Å²) in [6, 6.07) is 0. The minimum Gasteiger partial charge on any atom is -0.364 e. The number of thiazole rings is 1. The summed E-state index contributed by atoms with van der Waals surface area (Å²) >= 11 is 1.25. The van der Waals surface area contributed by atoms with E-state index in [1.54, 1.807) is 5.38 Å². The van der Waals surface area contributed by atoms with Gasteiger partial charge in [0.05, 0.1) is 0 Å². The van der Waals surface area contributed by atoms with Crippen LogP contribution in [0.25, 0.3) is 0 Å². The van der Waals surface area contributed by atoms with Gasteiger partial charge in [-0.05, 0) is 38.9 Å². The Hall–Kier alpha value is -1.38. The lowest BCUT2D eigenvalue weighted by Crippen LogP contribution is -2.29. The normalized spacial score (nSPS) is 17.5. The van der Waals surface area contributed by atoms with E-state index in [0.29, 0.717) is 16.6 Å². The molecule has 1 aromatic heterocycles. The van der Waals surface area contributed by atoms with E-state index in [9.17, 15) is 4.79 Å². The molecule has 0 saturated carbocycles. The number of rotatable bonds is 1. The molecule has 1 aromatic rings. The summed E-state index contributed by atoms with van der Waals surface area (Å²) in [5.74, 6) is 6.22. The molecule has 1 aliphatic rings. The fourth-order valence-corrected chi connectivity index (χ4v) is 2.38. The number of hydrogen-bond acceptors (Lipinski definition) is 4. The van der Waals surface area contributed by atoms with E-state index in [2.05, 4.69) is 28.8 Å². The first-order chi connectivity index (χ1) is 8.15. The molecule has 2 rings (SSSR count). The number of primary amides is 1. The van der Waals surface area contributed by atoms with Gasteiger partial charge in [-0.3, -0.25) is 4.79 Å². The molecule has 1 saturated heterocycles. The maximum absolute atomic E-state index is 10.9. The molecule has 0 spiro atoms. The van der Waals surface area contributed by atoms with Crippen molar-refractivity contribution in [3.8, 4) is 11.8 Å². The lowest BCUT2D eigenvalue weighted by molar-refractivity contribution is 0.1000. The van der Waals surface area contributed by atoms with Crippen molar-refractivity contribution in [1.82, 2.24) is 9.88 Å². The van der Waals surface area contributed by atoms with E-state index in [0.717, 1.165) is 25.9 Å². The summed E-state index contributed by atoms with van der Waals surface area (Å²) in [5, 5.41) is 2.11. The van der Waals surface area contributed by atoms with Gasteiger partial charge >= 0.3 is 0 Å². The Balaban J connectivity index is 1.98. The van der Waals surface area contributed by atoms with Crippen LogP contribution >= 0.6 is 11.3 Å². The standard InChI is InChI=1S/C12H15N3OS/c1-15-6-4-9(5-7-15)2-3-10-8-17-12(14-10)11(13)16/h8-9H,4-7H2,1H3,(H2,13,16). The first kappa shape index (κ1) is 12.1. The number of nitrogens with two attached hydrogens (primary N) is 1. The molecule has 0 atom stereocenters. The third-order valence-corrected chi connectivity index (χ3v) is 3.69. The van der Waals surface area contributed by atoms with E-state index in [-0.39, 0.29) is 0 Å². The summed E-state index contributed by atoms with van der Waals surface area (Å²) in [4.78, 5) is 17.3. The average molecular weight is 249 g/mol. The van der Waals surface area contributed by atoms with Crippen molar-refractivity contribution in [2.45, 2.75) is 12.8 Å². The van der Waals surface area contributed by atoms with Crippen molar-refractivity contribution >= 4 is 17.2 Å². The monoisotopic (exact) mass is 249 g/mol. The first-order valence-corrected chi connectivity index (χ1v) is 6.48. The van der Waals surface area contributed by atoms with Crippen LogP contribution in [0, 0.1) is 17.8 Å². The number of carbonyl (C=O) groups is 1. The lowest BCUT2D eigenvalue weighted by Gasteiger charge is -2.25. The molecule has 90 valence electrons. The van der Waals surface area contributed by atoms with E-state index >= 15 is 0 Å². The Kier molecular flexibility index (Phi) is 3.77. The predicted molar refractivity (Wildman–Crippen MR) is 67.7 cm³/mol. The van der Waals surface area contributed by atoms with Gasteiger partial charge in [-0.2, -0.15) is 0 Å². The topological polar surface area (TPSA) is 59.2 Å². The number of hydrogen-bond donors (Lipinski definition) is 1. The quantitative estimate of drug-likeness (QED) is 0.753. The van der Waals surface area contributed by atoms with Crippen molar-refractivity contribution in [3.05, 3.63) is 16.1 Å². The second kappa shape index (κ2) is 5.30. The maximum atomic E-state index is 10.9. The van der Waals surface area contributed by atoms with Gasteiger partial charge in [-0.15, -0.1) is 11.3 Å². The SMILES string of the molecule is CN1CCC(C#Cc2csc(C(N)=O)n2)CC1. The zero-order chi connectivity index (χ0) is 12.3. The van der Waals surface area contributed by atoms with Crippen molar-refractivity contribution in [1.29, 1.82) is 0 Å². The summed E-state index contributed by atoms with van der Waals surface area (Å²) < 4.78 is 0. The highest BCUT2D eigenvalue weighted by Gasteiger charge is 2.14. The summed E-state index contributed by atoms with van der Waals surface area (Å²) in [6.45, 7) is 2.20. The van der Waals surface area contributed by atoms with Gasteiger partial charge in [-0.1, -0.05) is 5.92 Å². The van der Waals surface area contributed by atoms with Crippen LogP contribution in [0.15, 0.2) is 5.38 Å². The van der Waals surface area contributed by atoms with E-state index in [1.165, 1.54) is 11.3 Å². The van der Waals surface area contributed by atoms with Gasteiger partial charge < -0.3 is 10.6 Å². The van der Waals surface area contributed by atoms with Crippen molar-refractivity contribution in [2.75, 3.05) is 20.1 Å². The highest BCUT2D eigenvalue weighted by molar-refractivity contribution is 7.11. The van der Waals surface area contributed by atoms with Gasteiger partial charge in [-0.25, -0.2) is 4.98 Å². The predicted octanol–water partition coefficient (Wildman–Crippen LogP) is 0.935. The number of likely N-dealkylation sites (tertiary alicyclic amines) is 1. The van der Waals surface area contributed by atoms with Gasteiger partial charge in [0.1, 0.15) is 5.69 Å².